The Morgan fingerprint density at radius 1 is 1.04 bits per heavy atom. The maximum absolute atomic E-state index is 12.3. The molecular formula is C22H25N3O3. The highest BCUT2D eigenvalue weighted by atomic mass is 16.5. The van der Waals surface area contributed by atoms with Gasteiger partial charge >= 0.3 is 0 Å². The number of carbonyl (C=O) groups is 2. The molecule has 2 aliphatic heterocycles. The number of amides is 1. The van der Waals surface area contributed by atoms with E-state index in [0.29, 0.717) is 17.4 Å². The zero-order valence-electron chi connectivity index (χ0n) is 16.5. The van der Waals surface area contributed by atoms with E-state index < -0.39 is 0 Å². The number of carbonyl (C=O) groups excluding carboxylic acids is 2. The number of hydrogen-bond acceptors (Lipinski definition) is 5. The molecule has 2 fully saturated rings. The molecule has 28 heavy (non-hydrogen) atoms. The smallest absolute Gasteiger partial charge is 0.219 e. The maximum atomic E-state index is 12.3. The van der Waals surface area contributed by atoms with Gasteiger partial charge in [-0.2, -0.15) is 0 Å². The molecule has 0 bridgehead atoms. The topological polar surface area (TPSA) is 62.7 Å². The molecular weight excluding hydrogens is 354 g/mol. The standard InChI is InChI=1S/C22H25N3O3/c1-14(26)17-6-9-21(23-10-17)24-11-18-12-25(15(2)27)22(20(18)13-24)16-4-7-19(28-3)8-5-16/h4-10,18,20,22H,11-13H2,1-3H3/t18-,20-,22+/m1/s1. The van der Waals surface area contributed by atoms with Gasteiger partial charge in [0, 0.05) is 50.2 Å². The Hall–Kier alpha value is -2.89. The number of pyridine rings is 1. The van der Waals surface area contributed by atoms with Crippen LogP contribution in [0.2, 0.25) is 0 Å². The zero-order valence-corrected chi connectivity index (χ0v) is 16.5. The number of benzene rings is 1. The monoisotopic (exact) mass is 379 g/mol. The highest BCUT2D eigenvalue weighted by Gasteiger charge is 2.48. The number of ether oxygens (including phenoxy) is 1. The Kier molecular flexibility index (Phi) is 4.79. The van der Waals surface area contributed by atoms with Crippen molar-refractivity contribution in [2.24, 2.45) is 11.8 Å². The average molecular weight is 379 g/mol. The highest BCUT2D eigenvalue weighted by Crippen LogP contribution is 2.45. The van der Waals surface area contributed by atoms with Gasteiger partial charge in [0.05, 0.1) is 13.2 Å². The number of fused-ring (bicyclic) bond motifs is 1. The van der Waals surface area contributed by atoms with Crippen LogP contribution in [-0.4, -0.2) is 48.3 Å². The van der Waals surface area contributed by atoms with E-state index in [1.54, 1.807) is 27.2 Å². The first-order chi connectivity index (χ1) is 13.5. The Morgan fingerprint density at radius 2 is 1.79 bits per heavy atom. The van der Waals surface area contributed by atoms with Gasteiger partial charge < -0.3 is 14.5 Å². The molecule has 2 aromatic rings. The molecule has 3 heterocycles. The molecule has 1 aromatic carbocycles. The minimum Gasteiger partial charge on any atom is -0.497 e. The van der Waals surface area contributed by atoms with Gasteiger partial charge in [-0.15, -0.1) is 0 Å². The SMILES string of the molecule is COc1ccc([C@H]2[C@@H]3CN(c4ccc(C(C)=O)cn4)C[C@@H]3CN2C(C)=O)cc1. The highest BCUT2D eigenvalue weighted by molar-refractivity contribution is 5.93. The molecule has 2 saturated heterocycles. The van der Waals surface area contributed by atoms with Crippen LogP contribution in [0.4, 0.5) is 5.82 Å². The Balaban J connectivity index is 1.58. The molecule has 0 saturated carbocycles. The minimum absolute atomic E-state index is 0.0222. The van der Waals surface area contributed by atoms with Crippen molar-refractivity contribution in [2.45, 2.75) is 19.9 Å². The second-order valence-electron chi connectivity index (χ2n) is 7.68. The molecule has 6 nitrogen and oxygen atoms in total. The third-order valence-corrected chi connectivity index (χ3v) is 6.00. The largest absolute Gasteiger partial charge is 0.497 e. The lowest BCUT2D eigenvalue weighted by atomic mass is 9.89. The van der Waals surface area contributed by atoms with E-state index in [4.69, 9.17) is 4.74 Å². The summed E-state index contributed by atoms with van der Waals surface area (Å²) in [4.78, 5) is 32.5. The number of Topliss-reactive ketones (excluding diaryl/α,β-unsaturated/α-hetero) is 1. The summed E-state index contributed by atoms with van der Waals surface area (Å²) in [6.07, 6.45) is 1.65. The van der Waals surface area contributed by atoms with Gasteiger partial charge in [0.25, 0.3) is 0 Å². The number of rotatable bonds is 4. The van der Waals surface area contributed by atoms with Gasteiger partial charge in [-0.1, -0.05) is 12.1 Å². The summed E-state index contributed by atoms with van der Waals surface area (Å²) in [5, 5.41) is 0. The molecule has 3 atom stereocenters. The van der Waals surface area contributed by atoms with Crippen molar-refractivity contribution in [3.05, 3.63) is 53.7 Å². The Bertz CT molecular complexity index is 879. The van der Waals surface area contributed by atoms with Crippen molar-refractivity contribution >= 4 is 17.5 Å². The molecule has 1 aromatic heterocycles. The maximum Gasteiger partial charge on any atom is 0.219 e. The van der Waals surface area contributed by atoms with Crippen molar-refractivity contribution < 1.29 is 14.3 Å². The van der Waals surface area contributed by atoms with E-state index in [-0.39, 0.29) is 17.7 Å². The van der Waals surface area contributed by atoms with Crippen LogP contribution in [0, 0.1) is 11.8 Å². The Labute approximate surface area is 165 Å². The third kappa shape index (κ3) is 3.23. The van der Waals surface area contributed by atoms with E-state index in [1.165, 1.54) is 0 Å². The molecule has 0 spiro atoms. The molecule has 0 aliphatic carbocycles. The van der Waals surface area contributed by atoms with Gasteiger partial charge in [-0.3, -0.25) is 9.59 Å². The first kappa shape index (κ1) is 18.5. The molecule has 2 aliphatic rings. The van der Waals surface area contributed by atoms with Crippen LogP contribution in [0.15, 0.2) is 42.6 Å². The molecule has 0 unspecified atom stereocenters. The van der Waals surface area contributed by atoms with Gasteiger partial charge in [0.2, 0.25) is 5.91 Å². The van der Waals surface area contributed by atoms with E-state index in [2.05, 4.69) is 22.0 Å². The predicted molar refractivity (Wildman–Crippen MR) is 107 cm³/mol. The zero-order chi connectivity index (χ0) is 19.8. The van der Waals surface area contributed by atoms with Crippen LogP contribution >= 0.6 is 0 Å². The Morgan fingerprint density at radius 3 is 2.36 bits per heavy atom. The number of likely N-dealkylation sites (tertiary alicyclic amines) is 1. The first-order valence-electron chi connectivity index (χ1n) is 9.61. The van der Waals surface area contributed by atoms with Crippen LogP contribution in [0.1, 0.15) is 35.8 Å². The van der Waals surface area contributed by atoms with E-state index in [0.717, 1.165) is 36.8 Å². The molecule has 6 heteroatoms. The number of anilines is 1. The summed E-state index contributed by atoms with van der Waals surface area (Å²) >= 11 is 0. The summed E-state index contributed by atoms with van der Waals surface area (Å²) in [6.45, 7) is 5.67. The quantitative estimate of drug-likeness (QED) is 0.765. The fraction of sp³-hybridized carbons (Fsp3) is 0.409. The second-order valence-corrected chi connectivity index (χ2v) is 7.68. The van der Waals surface area contributed by atoms with Gasteiger partial charge in [-0.05, 0) is 36.8 Å². The number of hydrogen-bond donors (Lipinski definition) is 0. The van der Waals surface area contributed by atoms with Crippen LogP contribution < -0.4 is 9.64 Å². The van der Waals surface area contributed by atoms with Crippen molar-refractivity contribution in [1.82, 2.24) is 9.88 Å². The van der Waals surface area contributed by atoms with Crippen molar-refractivity contribution in [2.75, 3.05) is 31.6 Å². The van der Waals surface area contributed by atoms with Crippen LogP contribution in [0.3, 0.4) is 0 Å². The van der Waals surface area contributed by atoms with E-state index in [9.17, 15) is 9.59 Å². The van der Waals surface area contributed by atoms with Crippen molar-refractivity contribution in [3.8, 4) is 5.75 Å². The summed E-state index contributed by atoms with van der Waals surface area (Å²) in [5.41, 5.74) is 1.77. The predicted octanol–water partition coefficient (Wildman–Crippen LogP) is 2.95. The van der Waals surface area contributed by atoms with Gasteiger partial charge in [-0.25, -0.2) is 4.98 Å². The fourth-order valence-electron chi connectivity index (χ4n) is 4.57. The summed E-state index contributed by atoms with van der Waals surface area (Å²) in [7, 11) is 1.65. The first-order valence-corrected chi connectivity index (χ1v) is 9.61. The number of ketones is 1. The number of nitrogens with zero attached hydrogens (tertiary/aromatic N) is 3. The van der Waals surface area contributed by atoms with E-state index in [1.807, 2.05) is 29.2 Å². The lowest BCUT2D eigenvalue weighted by molar-refractivity contribution is -0.130. The molecule has 4 rings (SSSR count). The normalized spacial score (nSPS) is 23.6. The fourth-order valence-corrected chi connectivity index (χ4v) is 4.57. The summed E-state index contributed by atoms with van der Waals surface area (Å²) < 4.78 is 5.27. The van der Waals surface area contributed by atoms with Crippen LogP contribution in [-0.2, 0) is 4.79 Å². The lowest BCUT2D eigenvalue weighted by Gasteiger charge is -2.29. The summed E-state index contributed by atoms with van der Waals surface area (Å²) in [6, 6.07) is 11.8. The van der Waals surface area contributed by atoms with Crippen LogP contribution in [0.5, 0.6) is 5.75 Å². The third-order valence-electron chi connectivity index (χ3n) is 6.00. The van der Waals surface area contributed by atoms with Gasteiger partial charge in [0.15, 0.2) is 5.78 Å². The molecule has 1 amide bonds. The minimum atomic E-state index is 0.0222. The average Bonchev–Trinajstić information content (AvgIpc) is 3.26. The molecule has 0 radical (unpaired) electrons. The summed E-state index contributed by atoms with van der Waals surface area (Å²) in [5.74, 6) is 2.61. The van der Waals surface area contributed by atoms with Gasteiger partial charge in [0.1, 0.15) is 11.6 Å². The number of aromatic nitrogens is 1. The number of methoxy groups -OCH3 is 1. The van der Waals surface area contributed by atoms with Crippen molar-refractivity contribution in [1.29, 1.82) is 0 Å². The van der Waals surface area contributed by atoms with Crippen molar-refractivity contribution in [3.63, 3.8) is 0 Å². The second kappa shape index (κ2) is 7.26. The molecule has 146 valence electrons. The van der Waals surface area contributed by atoms with E-state index >= 15 is 0 Å². The van der Waals surface area contributed by atoms with Crippen LogP contribution in [0.25, 0.3) is 0 Å². The molecule has 0 N–H and O–H groups in total. The lowest BCUT2D eigenvalue weighted by Crippen LogP contribution is -2.34.